The van der Waals surface area contributed by atoms with Crippen LogP contribution in [0.3, 0.4) is 0 Å². The maximum Gasteiger partial charge on any atom is 0.265 e. The predicted octanol–water partition coefficient (Wildman–Crippen LogP) is -0.192. The van der Waals surface area contributed by atoms with Crippen LogP contribution in [-0.4, -0.2) is 121 Å². The molecular formula is C30H37N4O7S2+. The fraction of sp³-hybridized carbons (Fsp3) is 0.533. The zero-order valence-corrected chi connectivity index (χ0v) is 25.8. The number of β-lactam (4-membered cyclic amide) rings is 1. The highest BCUT2D eigenvalue weighted by molar-refractivity contribution is 8.04. The number of sulfonamides is 1. The molecule has 43 heavy (non-hydrogen) atoms. The fourth-order valence-corrected chi connectivity index (χ4v) is 11.3. The molecule has 13 heteroatoms. The molecular weight excluding hydrogens is 592 g/mol. The lowest BCUT2D eigenvalue weighted by Gasteiger charge is -2.55. The van der Waals surface area contributed by atoms with E-state index < -0.39 is 39.3 Å². The molecule has 0 radical (unpaired) electrons. The molecule has 0 saturated carbocycles. The van der Waals surface area contributed by atoms with Crippen molar-refractivity contribution in [2.45, 2.75) is 36.1 Å². The number of hydrogen-bond acceptors (Lipinski definition) is 8. The maximum absolute atomic E-state index is 13.9. The van der Waals surface area contributed by atoms with E-state index in [9.17, 15) is 33.3 Å². The summed E-state index contributed by atoms with van der Waals surface area (Å²) in [6.07, 6.45) is 0.722. The standard InChI is InChI=1S/C30H37N4O7S2/c1-19(36)25-28(37)32-27(30(38)39)23(42-29(25)32)18-31-22-5-2-4-21-20(6-7-24(26(21)22)43(31,40)41)8-10-34-14-11-33(12-15-34,13-16-34)9-3-17-35/h2,4-7,19,25,29,35-36H,3,8-18H2,1H3/q+1. The molecule has 0 aromatic heterocycles. The van der Waals surface area contributed by atoms with Gasteiger partial charge in [-0.05, 0) is 30.0 Å². The fourth-order valence-electron chi connectivity index (χ4n) is 7.94. The first-order valence-electron chi connectivity index (χ1n) is 15.0. The SMILES string of the molecule is CC(O)C1C(=O)N2C(C(=O)[O-])=C(CN3c4cccc5c(CC[N+]67CC[N+](CCCO)(CC6)CC7)ccc(c45)S3(=O)=O)SC12. The molecule has 3 atom stereocenters. The number of piperazine rings is 3. The molecule has 230 valence electrons. The van der Waals surface area contributed by atoms with Gasteiger partial charge in [0.15, 0.2) is 0 Å². The number of aliphatic hydroxyl groups is 2. The number of fused-ring (bicyclic) bond motifs is 4. The summed E-state index contributed by atoms with van der Waals surface area (Å²) in [6.45, 7) is 10.3. The molecule has 4 saturated heterocycles. The second-order valence-corrected chi connectivity index (χ2v) is 15.8. The van der Waals surface area contributed by atoms with Gasteiger partial charge in [0.1, 0.15) is 44.6 Å². The number of rotatable bonds is 10. The number of anilines is 1. The molecule has 8 rings (SSSR count). The van der Waals surface area contributed by atoms with Crippen LogP contribution in [0.5, 0.6) is 0 Å². The number of nitrogens with zero attached hydrogens (tertiary/aromatic N) is 4. The van der Waals surface area contributed by atoms with E-state index in [1.165, 1.54) is 11.2 Å². The van der Waals surface area contributed by atoms with Crippen LogP contribution in [0.4, 0.5) is 5.69 Å². The second-order valence-electron chi connectivity index (χ2n) is 12.8. The van der Waals surface area contributed by atoms with Crippen LogP contribution in [0.25, 0.3) is 10.8 Å². The lowest BCUT2D eigenvalue weighted by molar-refractivity contribution is -1.08. The number of hydrogen-bond donors (Lipinski definition) is 2. The third-order valence-electron chi connectivity index (χ3n) is 10.6. The Morgan fingerprint density at radius 3 is 2.40 bits per heavy atom. The summed E-state index contributed by atoms with van der Waals surface area (Å²) >= 11 is 1.11. The average Bonchev–Trinajstić information content (AvgIpc) is 3.42. The largest absolute Gasteiger partial charge is 0.543 e. The van der Waals surface area contributed by atoms with Gasteiger partial charge in [0.2, 0.25) is 5.91 Å². The number of carboxylic acids is 1. The summed E-state index contributed by atoms with van der Waals surface area (Å²) in [5.41, 5.74) is 1.29. The third-order valence-corrected chi connectivity index (χ3v) is 13.7. The summed E-state index contributed by atoms with van der Waals surface area (Å²) in [4.78, 5) is 26.3. The van der Waals surface area contributed by atoms with E-state index in [-0.39, 0.29) is 28.6 Å². The molecule has 2 aromatic carbocycles. The van der Waals surface area contributed by atoms with Gasteiger partial charge in [0.25, 0.3) is 10.0 Å². The molecule has 6 aliphatic heterocycles. The summed E-state index contributed by atoms with van der Waals surface area (Å²) in [7, 11) is -3.97. The zero-order valence-electron chi connectivity index (χ0n) is 24.1. The van der Waals surface area contributed by atoms with Crippen LogP contribution >= 0.6 is 11.8 Å². The minimum Gasteiger partial charge on any atom is -0.543 e. The van der Waals surface area contributed by atoms with Crippen LogP contribution in [0.1, 0.15) is 18.9 Å². The first-order valence-corrected chi connectivity index (χ1v) is 17.3. The Bertz CT molecular complexity index is 1650. The number of benzene rings is 2. The molecule has 6 aliphatic rings. The van der Waals surface area contributed by atoms with Crippen molar-refractivity contribution in [3.63, 3.8) is 0 Å². The summed E-state index contributed by atoms with van der Waals surface area (Å²) < 4.78 is 31.2. The number of thioether (sulfide) groups is 1. The van der Waals surface area contributed by atoms with E-state index in [1.807, 2.05) is 18.2 Å². The van der Waals surface area contributed by atoms with Crippen molar-refractivity contribution in [3.05, 3.63) is 46.5 Å². The van der Waals surface area contributed by atoms with Gasteiger partial charge < -0.3 is 29.1 Å². The highest BCUT2D eigenvalue weighted by atomic mass is 32.2. The maximum atomic E-state index is 13.9. The van der Waals surface area contributed by atoms with Crippen molar-refractivity contribution in [3.8, 4) is 0 Å². The molecule has 0 spiro atoms. The molecule has 4 fully saturated rings. The predicted molar refractivity (Wildman–Crippen MR) is 159 cm³/mol. The zero-order chi connectivity index (χ0) is 30.3. The number of carbonyl (C=O) groups is 2. The molecule has 1 amide bonds. The van der Waals surface area contributed by atoms with Gasteiger partial charge in [-0.3, -0.25) is 14.0 Å². The van der Waals surface area contributed by atoms with Crippen LogP contribution in [0, 0.1) is 5.92 Å². The van der Waals surface area contributed by atoms with E-state index in [0.717, 1.165) is 102 Å². The van der Waals surface area contributed by atoms with Crippen LogP contribution in [0.15, 0.2) is 45.8 Å². The number of quaternary nitrogens is 2. The van der Waals surface area contributed by atoms with Crippen molar-refractivity contribution < 1.29 is 42.3 Å². The van der Waals surface area contributed by atoms with Gasteiger partial charge in [0.05, 0.1) is 53.9 Å². The Morgan fingerprint density at radius 2 is 1.77 bits per heavy atom. The van der Waals surface area contributed by atoms with E-state index >= 15 is 0 Å². The van der Waals surface area contributed by atoms with Gasteiger partial charge >= 0.3 is 0 Å². The molecule has 0 aliphatic carbocycles. The van der Waals surface area contributed by atoms with Crippen molar-refractivity contribution in [2.24, 2.45) is 5.92 Å². The van der Waals surface area contributed by atoms with Gasteiger partial charge in [-0.2, -0.15) is 0 Å². The molecule has 2 bridgehead atoms. The Morgan fingerprint density at radius 1 is 1.09 bits per heavy atom. The van der Waals surface area contributed by atoms with Gasteiger partial charge in [0, 0.05) is 29.7 Å². The van der Waals surface area contributed by atoms with Gasteiger partial charge in [-0.25, -0.2) is 8.42 Å². The minimum absolute atomic E-state index is 0.204. The summed E-state index contributed by atoms with van der Waals surface area (Å²) in [6, 6.07) is 9.16. The topological polar surface area (TPSA) is 138 Å². The Balaban J connectivity index is 1.15. The molecule has 3 unspecified atom stereocenters. The van der Waals surface area contributed by atoms with Crippen molar-refractivity contribution in [1.29, 1.82) is 0 Å². The number of amides is 1. The summed E-state index contributed by atoms with van der Waals surface area (Å²) in [5.74, 6) is -2.79. The highest BCUT2D eigenvalue weighted by Gasteiger charge is 2.57. The highest BCUT2D eigenvalue weighted by Crippen LogP contribution is 2.52. The summed E-state index contributed by atoms with van der Waals surface area (Å²) in [5, 5.41) is 32.4. The number of aliphatic carboxylic acids is 1. The Kier molecular flexibility index (Phi) is 6.88. The number of aliphatic hydroxyl groups excluding tert-OH is 2. The third kappa shape index (κ3) is 4.34. The monoisotopic (exact) mass is 629 g/mol. The lowest BCUT2D eigenvalue weighted by Crippen LogP contribution is -2.75. The second kappa shape index (κ2) is 10.2. The minimum atomic E-state index is -3.97. The average molecular weight is 630 g/mol. The number of carboxylic acid groups (broad SMARTS) is 1. The molecule has 6 heterocycles. The lowest BCUT2D eigenvalue weighted by atomic mass is 9.92. The van der Waals surface area contributed by atoms with Crippen molar-refractivity contribution in [1.82, 2.24) is 4.90 Å². The number of carbonyl (C=O) groups excluding carboxylic acids is 2. The Hall–Kier alpha value is -2.68. The van der Waals surface area contributed by atoms with E-state index in [4.69, 9.17) is 0 Å². The van der Waals surface area contributed by atoms with Crippen LogP contribution in [0.2, 0.25) is 0 Å². The normalized spacial score (nSPS) is 31.1. The smallest absolute Gasteiger partial charge is 0.265 e. The molecule has 2 aromatic rings. The van der Waals surface area contributed by atoms with Crippen LogP contribution < -0.4 is 9.41 Å². The molecule has 11 nitrogen and oxygen atoms in total. The van der Waals surface area contributed by atoms with E-state index in [0.29, 0.717) is 11.1 Å². The van der Waals surface area contributed by atoms with E-state index in [2.05, 4.69) is 0 Å². The first-order chi connectivity index (χ1) is 20.5. The van der Waals surface area contributed by atoms with Crippen LogP contribution in [-0.2, 0) is 26.0 Å². The van der Waals surface area contributed by atoms with Gasteiger partial charge in [-0.1, -0.05) is 30.0 Å². The van der Waals surface area contributed by atoms with Gasteiger partial charge in [-0.15, -0.1) is 0 Å². The van der Waals surface area contributed by atoms with E-state index in [1.54, 1.807) is 12.1 Å². The first kappa shape index (κ1) is 29.1. The van der Waals surface area contributed by atoms with Crippen molar-refractivity contribution >= 4 is 50.1 Å². The Labute approximate surface area is 255 Å². The quantitative estimate of drug-likeness (QED) is 0.273. The van der Waals surface area contributed by atoms with Crippen molar-refractivity contribution in [2.75, 3.05) is 69.8 Å². The molecule has 2 N–H and O–H groups in total.